The number of amides is 1. The molecule has 2 aliphatic heterocycles. The Hall–Kier alpha value is -2.73. The van der Waals surface area contributed by atoms with Crippen molar-refractivity contribution in [2.75, 3.05) is 31.1 Å². The molecule has 0 atom stereocenters. The first-order valence-corrected chi connectivity index (χ1v) is 10.7. The van der Waals surface area contributed by atoms with E-state index in [1.54, 1.807) is 0 Å². The number of para-hydroxylation sites is 1. The Balaban J connectivity index is 1.36. The van der Waals surface area contributed by atoms with Gasteiger partial charge in [-0.25, -0.2) is 0 Å². The molecule has 2 aromatic rings. The lowest BCUT2D eigenvalue weighted by Crippen LogP contribution is -2.47. The van der Waals surface area contributed by atoms with Gasteiger partial charge in [0.05, 0.1) is 11.0 Å². The zero-order valence-corrected chi connectivity index (χ0v) is 17.6. The molecule has 2 aliphatic rings. The third-order valence-corrected chi connectivity index (χ3v) is 5.87. The summed E-state index contributed by atoms with van der Waals surface area (Å²) < 4.78 is 5.67. The second-order valence-electron chi connectivity index (χ2n) is 7.36. The van der Waals surface area contributed by atoms with Crippen LogP contribution >= 0.6 is 11.8 Å². The zero-order chi connectivity index (χ0) is 20.2. The van der Waals surface area contributed by atoms with Crippen molar-refractivity contribution < 1.29 is 9.53 Å². The SMILES string of the molecule is CC(C)Oc1ccc(C=C2SC(N3CCN(c4ccccc4)CC3)=NC2=O)cc1. The molecule has 0 spiro atoms. The van der Waals surface area contributed by atoms with Crippen LogP contribution in [0.1, 0.15) is 19.4 Å². The molecule has 1 fully saturated rings. The quantitative estimate of drug-likeness (QED) is 0.709. The molecule has 150 valence electrons. The first kappa shape index (κ1) is 19.6. The third kappa shape index (κ3) is 4.82. The first-order valence-electron chi connectivity index (χ1n) is 9.93. The summed E-state index contributed by atoms with van der Waals surface area (Å²) in [5.74, 6) is 0.679. The lowest BCUT2D eigenvalue weighted by Gasteiger charge is -2.36. The van der Waals surface area contributed by atoms with Crippen molar-refractivity contribution >= 4 is 34.6 Å². The van der Waals surface area contributed by atoms with Crippen LogP contribution in [0, 0.1) is 0 Å². The first-order chi connectivity index (χ1) is 14.1. The van der Waals surface area contributed by atoms with Gasteiger partial charge in [-0.3, -0.25) is 4.79 Å². The van der Waals surface area contributed by atoms with Crippen molar-refractivity contribution in [3.63, 3.8) is 0 Å². The Bertz CT molecular complexity index is 915. The van der Waals surface area contributed by atoms with Gasteiger partial charge in [-0.2, -0.15) is 4.99 Å². The van der Waals surface area contributed by atoms with Gasteiger partial charge in [0.2, 0.25) is 0 Å². The van der Waals surface area contributed by atoms with Crippen LogP contribution in [0.25, 0.3) is 6.08 Å². The molecule has 0 bridgehead atoms. The number of hydrogen-bond acceptors (Lipinski definition) is 5. The maximum atomic E-state index is 12.4. The van der Waals surface area contributed by atoms with Crippen molar-refractivity contribution in [2.24, 2.45) is 4.99 Å². The standard InChI is InChI=1S/C23H25N3O2S/c1-17(2)28-20-10-8-18(9-11-20)16-21-22(27)24-23(29-21)26-14-12-25(13-15-26)19-6-4-3-5-7-19/h3-11,16-17H,12-15H2,1-2H3. The second kappa shape index (κ2) is 8.74. The topological polar surface area (TPSA) is 45.1 Å². The van der Waals surface area contributed by atoms with Crippen LogP contribution in [0.4, 0.5) is 5.69 Å². The maximum absolute atomic E-state index is 12.4. The van der Waals surface area contributed by atoms with E-state index < -0.39 is 0 Å². The normalized spacial score (nSPS) is 18.5. The van der Waals surface area contributed by atoms with Crippen molar-refractivity contribution in [1.82, 2.24) is 4.90 Å². The molecular weight excluding hydrogens is 382 g/mol. The van der Waals surface area contributed by atoms with Crippen LogP contribution in [0.3, 0.4) is 0 Å². The summed E-state index contributed by atoms with van der Waals surface area (Å²) in [6, 6.07) is 18.2. The fourth-order valence-corrected chi connectivity index (χ4v) is 4.36. The minimum Gasteiger partial charge on any atom is -0.491 e. The number of anilines is 1. The number of ether oxygens (including phenoxy) is 1. The summed E-state index contributed by atoms with van der Waals surface area (Å²) in [7, 11) is 0. The van der Waals surface area contributed by atoms with Crippen molar-refractivity contribution in [3.05, 3.63) is 65.1 Å². The van der Waals surface area contributed by atoms with Gasteiger partial charge < -0.3 is 14.5 Å². The predicted octanol–water partition coefficient (Wildman–Crippen LogP) is 4.27. The number of benzene rings is 2. The van der Waals surface area contributed by atoms with Gasteiger partial charge in [0, 0.05) is 31.9 Å². The number of nitrogens with zero attached hydrogens (tertiary/aromatic N) is 3. The monoisotopic (exact) mass is 407 g/mol. The van der Waals surface area contributed by atoms with Crippen LogP contribution in [-0.4, -0.2) is 48.3 Å². The highest BCUT2D eigenvalue weighted by Crippen LogP contribution is 2.31. The maximum Gasteiger partial charge on any atom is 0.286 e. The summed E-state index contributed by atoms with van der Waals surface area (Å²) in [6.45, 7) is 7.58. The summed E-state index contributed by atoms with van der Waals surface area (Å²) in [5, 5.41) is 0.814. The van der Waals surface area contributed by atoms with Crippen LogP contribution in [-0.2, 0) is 4.79 Å². The number of carbonyl (C=O) groups is 1. The smallest absolute Gasteiger partial charge is 0.286 e. The molecule has 0 aromatic heterocycles. The average molecular weight is 408 g/mol. The average Bonchev–Trinajstić information content (AvgIpc) is 3.10. The molecule has 0 saturated carbocycles. The van der Waals surface area contributed by atoms with E-state index in [0.29, 0.717) is 4.91 Å². The molecule has 4 rings (SSSR count). The molecule has 0 radical (unpaired) electrons. The highest BCUT2D eigenvalue weighted by atomic mass is 32.2. The third-order valence-electron chi connectivity index (χ3n) is 4.83. The number of piperazine rings is 1. The zero-order valence-electron chi connectivity index (χ0n) is 16.7. The Morgan fingerprint density at radius 2 is 1.62 bits per heavy atom. The van der Waals surface area contributed by atoms with Gasteiger partial charge in [-0.1, -0.05) is 30.3 Å². The van der Waals surface area contributed by atoms with Gasteiger partial charge in [-0.15, -0.1) is 0 Å². The Morgan fingerprint density at radius 3 is 2.28 bits per heavy atom. The molecule has 2 aromatic carbocycles. The number of hydrogen-bond donors (Lipinski definition) is 0. The van der Waals surface area contributed by atoms with E-state index in [2.05, 4.69) is 39.1 Å². The Morgan fingerprint density at radius 1 is 0.966 bits per heavy atom. The van der Waals surface area contributed by atoms with Crippen molar-refractivity contribution in [1.29, 1.82) is 0 Å². The van der Waals surface area contributed by atoms with Crippen molar-refractivity contribution in [2.45, 2.75) is 20.0 Å². The van der Waals surface area contributed by atoms with E-state index in [1.807, 2.05) is 50.3 Å². The van der Waals surface area contributed by atoms with Gasteiger partial charge in [0.15, 0.2) is 5.17 Å². The fourth-order valence-electron chi connectivity index (χ4n) is 3.39. The predicted molar refractivity (Wildman–Crippen MR) is 120 cm³/mol. The summed E-state index contributed by atoms with van der Waals surface area (Å²) >= 11 is 1.47. The molecule has 0 unspecified atom stereocenters. The highest BCUT2D eigenvalue weighted by Gasteiger charge is 2.28. The van der Waals surface area contributed by atoms with E-state index >= 15 is 0 Å². The Kier molecular flexibility index (Phi) is 5.90. The molecular formula is C23H25N3O2S. The number of amidine groups is 1. The number of thioether (sulfide) groups is 1. The largest absolute Gasteiger partial charge is 0.491 e. The molecule has 0 aliphatic carbocycles. The molecule has 1 saturated heterocycles. The van der Waals surface area contributed by atoms with E-state index in [4.69, 9.17) is 4.74 Å². The van der Waals surface area contributed by atoms with E-state index in [9.17, 15) is 4.79 Å². The number of rotatable bonds is 4. The minimum absolute atomic E-state index is 0.143. The van der Waals surface area contributed by atoms with Crippen molar-refractivity contribution in [3.8, 4) is 5.75 Å². The molecule has 2 heterocycles. The lowest BCUT2D eigenvalue weighted by atomic mass is 10.2. The molecule has 5 nitrogen and oxygen atoms in total. The van der Waals surface area contributed by atoms with Gasteiger partial charge >= 0.3 is 0 Å². The molecule has 29 heavy (non-hydrogen) atoms. The summed E-state index contributed by atoms with van der Waals surface area (Å²) in [6.07, 6.45) is 2.05. The second-order valence-corrected chi connectivity index (χ2v) is 8.36. The van der Waals surface area contributed by atoms with E-state index in [1.165, 1.54) is 17.4 Å². The molecule has 0 N–H and O–H groups in total. The number of carbonyl (C=O) groups excluding carboxylic acids is 1. The molecule has 6 heteroatoms. The van der Waals surface area contributed by atoms with Gasteiger partial charge in [0.25, 0.3) is 5.91 Å². The van der Waals surface area contributed by atoms with Crippen LogP contribution in [0.15, 0.2) is 64.5 Å². The van der Waals surface area contributed by atoms with E-state index in [0.717, 1.165) is 42.7 Å². The number of aliphatic imine (C=N–C) groups is 1. The highest BCUT2D eigenvalue weighted by molar-refractivity contribution is 8.18. The van der Waals surface area contributed by atoms with Gasteiger partial charge in [0.1, 0.15) is 5.75 Å². The van der Waals surface area contributed by atoms with Crippen LogP contribution in [0.2, 0.25) is 0 Å². The minimum atomic E-state index is -0.155. The van der Waals surface area contributed by atoms with E-state index in [-0.39, 0.29) is 12.0 Å². The lowest BCUT2D eigenvalue weighted by molar-refractivity contribution is -0.113. The molecule has 1 amide bonds. The summed E-state index contributed by atoms with van der Waals surface area (Å²) in [5.41, 5.74) is 2.22. The Labute approximate surface area is 176 Å². The summed E-state index contributed by atoms with van der Waals surface area (Å²) in [4.78, 5) is 21.9. The van der Waals surface area contributed by atoms with Crippen LogP contribution < -0.4 is 9.64 Å². The van der Waals surface area contributed by atoms with Crippen LogP contribution in [0.5, 0.6) is 5.75 Å². The van der Waals surface area contributed by atoms with Gasteiger partial charge in [-0.05, 0) is 61.5 Å². The fraction of sp³-hybridized carbons (Fsp3) is 0.304.